The number of carbonyl (C=O) groups excluding carboxylic acids is 1. The van der Waals surface area contributed by atoms with Crippen molar-refractivity contribution in [1.29, 1.82) is 0 Å². The lowest BCUT2D eigenvalue weighted by atomic mass is 10.0. The molecule has 6 heteroatoms. The van der Waals surface area contributed by atoms with Gasteiger partial charge in [0.05, 0.1) is 11.3 Å². The quantitative estimate of drug-likeness (QED) is 0.761. The molecule has 1 aromatic rings. The molecule has 0 radical (unpaired) electrons. The number of halogens is 3. The van der Waals surface area contributed by atoms with E-state index in [2.05, 4.69) is 10.6 Å². The van der Waals surface area contributed by atoms with Gasteiger partial charge < -0.3 is 10.6 Å². The van der Waals surface area contributed by atoms with E-state index >= 15 is 0 Å². The van der Waals surface area contributed by atoms with Gasteiger partial charge in [0.2, 0.25) is 5.91 Å². The molecule has 0 aliphatic heterocycles. The number of anilines is 1. The smallest absolute Gasteiger partial charge is 0.325 e. The molecule has 0 saturated heterocycles. The highest BCUT2D eigenvalue weighted by Crippen LogP contribution is 2.34. The van der Waals surface area contributed by atoms with Gasteiger partial charge in [-0.2, -0.15) is 13.2 Å². The van der Waals surface area contributed by atoms with Gasteiger partial charge in [0.25, 0.3) is 0 Å². The van der Waals surface area contributed by atoms with E-state index < -0.39 is 17.6 Å². The van der Waals surface area contributed by atoms with Crippen molar-refractivity contribution in [3.63, 3.8) is 0 Å². The zero-order valence-corrected chi connectivity index (χ0v) is 14.0. The number of benzene rings is 1. The Morgan fingerprint density at radius 3 is 2.58 bits per heavy atom. The topological polar surface area (TPSA) is 41.1 Å². The summed E-state index contributed by atoms with van der Waals surface area (Å²) in [4.78, 5) is 12.0. The molecule has 1 aliphatic carbocycles. The Kier molecular flexibility index (Phi) is 6.66. The highest BCUT2D eigenvalue weighted by molar-refractivity contribution is 5.92. The van der Waals surface area contributed by atoms with Gasteiger partial charge in [-0.15, -0.1) is 0 Å². The molecule has 1 atom stereocenters. The molecule has 0 heterocycles. The van der Waals surface area contributed by atoms with Crippen molar-refractivity contribution >= 4 is 11.6 Å². The molecule has 1 saturated carbocycles. The van der Waals surface area contributed by atoms with E-state index in [0.29, 0.717) is 0 Å². The Hall–Kier alpha value is -1.56. The summed E-state index contributed by atoms with van der Waals surface area (Å²) >= 11 is 0. The molecule has 24 heavy (non-hydrogen) atoms. The highest BCUT2D eigenvalue weighted by atomic mass is 19.4. The molecule has 2 N–H and O–H groups in total. The van der Waals surface area contributed by atoms with Crippen molar-refractivity contribution in [3.8, 4) is 0 Å². The van der Waals surface area contributed by atoms with Crippen molar-refractivity contribution < 1.29 is 18.0 Å². The minimum absolute atomic E-state index is 0.0653. The maximum absolute atomic E-state index is 12.9. The van der Waals surface area contributed by atoms with Crippen LogP contribution in [0.2, 0.25) is 0 Å². The molecular weight excluding hydrogens is 317 g/mol. The van der Waals surface area contributed by atoms with E-state index in [4.69, 9.17) is 0 Å². The third-order valence-electron chi connectivity index (χ3n) is 4.52. The monoisotopic (exact) mass is 342 g/mol. The van der Waals surface area contributed by atoms with Crippen LogP contribution in [0, 0.1) is 5.92 Å². The van der Waals surface area contributed by atoms with Crippen LogP contribution < -0.4 is 10.6 Å². The molecule has 1 unspecified atom stereocenters. The SMILES string of the molecule is CC(CC(=O)Nc1ccccc1C(F)(F)F)NCCC1CCCC1. The predicted molar refractivity (Wildman–Crippen MR) is 88.7 cm³/mol. The molecule has 0 spiro atoms. The van der Waals surface area contributed by atoms with Gasteiger partial charge >= 0.3 is 6.18 Å². The molecule has 1 aliphatic rings. The van der Waals surface area contributed by atoms with Crippen LogP contribution in [-0.4, -0.2) is 18.5 Å². The fraction of sp³-hybridized carbons (Fsp3) is 0.611. The maximum atomic E-state index is 12.9. The lowest BCUT2D eigenvalue weighted by Crippen LogP contribution is -2.32. The van der Waals surface area contributed by atoms with Gasteiger partial charge in [0.1, 0.15) is 0 Å². The summed E-state index contributed by atoms with van der Waals surface area (Å²) in [5, 5.41) is 5.67. The Bertz CT molecular complexity index is 539. The zero-order valence-electron chi connectivity index (χ0n) is 14.0. The molecule has 0 aromatic heterocycles. The van der Waals surface area contributed by atoms with Crippen LogP contribution in [0.3, 0.4) is 0 Å². The van der Waals surface area contributed by atoms with Gasteiger partial charge in [0.15, 0.2) is 0 Å². The molecule has 0 bridgehead atoms. The number of hydrogen-bond acceptors (Lipinski definition) is 2. The average molecular weight is 342 g/mol. The van der Waals surface area contributed by atoms with Gasteiger partial charge in [-0.05, 0) is 37.9 Å². The fourth-order valence-electron chi connectivity index (χ4n) is 3.22. The van der Waals surface area contributed by atoms with E-state index in [0.717, 1.165) is 24.9 Å². The largest absolute Gasteiger partial charge is 0.418 e. The summed E-state index contributed by atoms with van der Waals surface area (Å²) in [5.74, 6) is 0.366. The van der Waals surface area contributed by atoms with Gasteiger partial charge in [-0.1, -0.05) is 37.8 Å². The first-order chi connectivity index (χ1) is 11.4. The Morgan fingerprint density at radius 2 is 1.92 bits per heavy atom. The van der Waals surface area contributed by atoms with Crippen molar-refractivity contribution in [2.24, 2.45) is 5.92 Å². The summed E-state index contributed by atoms with van der Waals surface area (Å²) in [6, 6.07) is 4.97. The summed E-state index contributed by atoms with van der Waals surface area (Å²) in [7, 11) is 0. The lowest BCUT2D eigenvalue weighted by Gasteiger charge is -2.17. The Balaban J connectivity index is 1.78. The van der Waals surface area contributed by atoms with Crippen LogP contribution in [0.4, 0.5) is 18.9 Å². The third kappa shape index (κ3) is 5.82. The Labute approximate surface area is 141 Å². The maximum Gasteiger partial charge on any atom is 0.418 e. The van der Waals surface area contributed by atoms with Crippen LogP contribution in [0.15, 0.2) is 24.3 Å². The van der Waals surface area contributed by atoms with E-state index in [1.165, 1.54) is 43.9 Å². The predicted octanol–water partition coefficient (Wildman–Crippen LogP) is 4.59. The van der Waals surface area contributed by atoms with E-state index in [-0.39, 0.29) is 18.2 Å². The minimum atomic E-state index is -4.48. The molecule has 1 amide bonds. The fourth-order valence-corrected chi connectivity index (χ4v) is 3.22. The first-order valence-corrected chi connectivity index (χ1v) is 8.55. The average Bonchev–Trinajstić information content (AvgIpc) is 2.99. The highest BCUT2D eigenvalue weighted by Gasteiger charge is 2.33. The van der Waals surface area contributed by atoms with Crippen LogP contribution in [0.25, 0.3) is 0 Å². The Morgan fingerprint density at radius 1 is 1.25 bits per heavy atom. The van der Waals surface area contributed by atoms with Crippen molar-refractivity contribution in [1.82, 2.24) is 5.32 Å². The summed E-state index contributed by atoms with van der Waals surface area (Å²) in [6.07, 6.45) is 1.95. The summed E-state index contributed by atoms with van der Waals surface area (Å²) < 4.78 is 38.7. The first kappa shape index (κ1) is 18.8. The molecule has 1 fully saturated rings. The third-order valence-corrected chi connectivity index (χ3v) is 4.52. The number of para-hydroxylation sites is 1. The number of hydrogen-bond donors (Lipinski definition) is 2. The normalized spacial score (nSPS) is 17.0. The second kappa shape index (κ2) is 8.51. The molecule has 1 aromatic carbocycles. The van der Waals surface area contributed by atoms with Crippen LogP contribution in [0.5, 0.6) is 0 Å². The number of carbonyl (C=O) groups is 1. The number of amides is 1. The van der Waals surface area contributed by atoms with E-state index in [1.807, 2.05) is 6.92 Å². The van der Waals surface area contributed by atoms with Crippen molar-refractivity contribution in [3.05, 3.63) is 29.8 Å². The van der Waals surface area contributed by atoms with Crippen molar-refractivity contribution in [2.75, 3.05) is 11.9 Å². The van der Waals surface area contributed by atoms with E-state index in [9.17, 15) is 18.0 Å². The summed E-state index contributed by atoms with van der Waals surface area (Å²) in [5.41, 5.74) is -1.01. The minimum Gasteiger partial charge on any atom is -0.325 e. The van der Waals surface area contributed by atoms with E-state index in [1.54, 1.807) is 0 Å². The van der Waals surface area contributed by atoms with Gasteiger partial charge in [-0.3, -0.25) is 4.79 Å². The second-order valence-electron chi connectivity index (χ2n) is 6.59. The molecule has 2 rings (SSSR count). The van der Waals surface area contributed by atoms with Gasteiger partial charge in [-0.25, -0.2) is 0 Å². The number of alkyl halides is 3. The molecule has 3 nitrogen and oxygen atoms in total. The molecular formula is C18H25F3N2O. The van der Waals surface area contributed by atoms with Gasteiger partial charge in [0, 0.05) is 12.5 Å². The van der Waals surface area contributed by atoms with Crippen molar-refractivity contribution in [2.45, 2.75) is 57.7 Å². The van der Waals surface area contributed by atoms with Crippen LogP contribution >= 0.6 is 0 Å². The van der Waals surface area contributed by atoms with Crippen LogP contribution in [0.1, 0.15) is 51.0 Å². The number of rotatable bonds is 7. The standard InChI is InChI=1S/C18H25F3N2O/c1-13(22-11-10-14-6-2-3-7-14)12-17(24)23-16-9-5-4-8-15(16)18(19,20)21/h4-5,8-9,13-14,22H,2-3,6-7,10-12H2,1H3,(H,23,24). The zero-order chi connectivity index (χ0) is 17.6. The first-order valence-electron chi connectivity index (χ1n) is 8.55. The summed E-state index contributed by atoms with van der Waals surface area (Å²) in [6.45, 7) is 2.72. The molecule has 134 valence electrons. The van der Waals surface area contributed by atoms with Crippen LogP contribution in [-0.2, 0) is 11.0 Å². The second-order valence-corrected chi connectivity index (χ2v) is 6.59. The lowest BCUT2D eigenvalue weighted by molar-refractivity contribution is -0.137. The number of nitrogens with one attached hydrogen (secondary N) is 2.